The predicted molar refractivity (Wildman–Crippen MR) is 84.6 cm³/mol. The van der Waals surface area contributed by atoms with Crippen molar-refractivity contribution < 1.29 is 14.3 Å². The lowest BCUT2D eigenvalue weighted by molar-refractivity contribution is -0.140. The van der Waals surface area contributed by atoms with Crippen LogP contribution in [0.1, 0.15) is 17.5 Å². The van der Waals surface area contributed by atoms with Crippen LogP contribution in [0.25, 0.3) is 0 Å². The number of likely N-dealkylation sites (tertiary alicyclic amines) is 1. The molecule has 0 spiro atoms. The van der Waals surface area contributed by atoms with E-state index in [0.29, 0.717) is 13.0 Å². The minimum atomic E-state index is -0.300. The number of ether oxygens (including phenoxy) is 1. The van der Waals surface area contributed by atoms with Gasteiger partial charge in [0, 0.05) is 18.8 Å². The first kappa shape index (κ1) is 15.2. The van der Waals surface area contributed by atoms with Crippen molar-refractivity contribution >= 4 is 11.8 Å². The van der Waals surface area contributed by atoms with Crippen LogP contribution in [0.4, 0.5) is 0 Å². The molecule has 0 bridgehead atoms. The van der Waals surface area contributed by atoms with Crippen LogP contribution in [0.15, 0.2) is 48.8 Å². The van der Waals surface area contributed by atoms with Gasteiger partial charge in [0.25, 0.3) is 0 Å². The largest absolute Gasteiger partial charge is 0.497 e. The van der Waals surface area contributed by atoms with Gasteiger partial charge in [-0.3, -0.25) is 19.5 Å². The first-order valence-electron chi connectivity index (χ1n) is 7.53. The maximum Gasteiger partial charge on any atom is 0.233 e. The maximum absolute atomic E-state index is 12.5. The highest BCUT2D eigenvalue weighted by atomic mass is 16.5. The van der Waals surface area contributed by atoms with Crippen molar-refractivity contribution in [1.29, 1.82) is 0 Å². The number of amides is 2. The standard InChI is InChI=1S/C18H18N2O3/c1-23-16-6-2-4-13(9-16)8-15-10-17(21)20(18(15)22)12-14-5-3-7-19-11-14/h2-7,9,11,15H,8,10,12H2,1H3. The fourth-order valence-electron chi connectivity index (χ4n) is 2.84. The molecule has 1 aromatic carbocycles. The SMILES string of the molecule is COc1cccc(CC2CC(=O)N(Cc3cccnc3)C2=O)c1. The van der Waals surface area contributed by atoms with E-state index in [1.165, 1.54) is 4.90 Å². The number of imide groups is 1. The summed E-state index contributed by atoms with van der Waals surface area (Å²) in [6.45, 7) is 0.292. The summed E-state index contributed by atoms with van der Waals surface area (Å²) >= 11 is 0. The van der Waals surface area contributed by atoms with Gasteiger partial charge in [-0.05, 0) is 35.7 Å². The number of aromatic nitrogens is 1. The second kappa shape index (κ2) is 6.60. The number of pyridine rings is 1. The average molecular weight is 310 g/mol. The van der Waals surface area contributed by atoms with Crippen LogP contribution < -0.4 is 4.74 Å². The molecule has 1 aliphatic rings. The van der Waals surface area contributed by atoms with Crippen molar-refractivity contribution in [1.82, 2.24) is 9.88 Å². The molecule has 2 heterocycles. The lowest BCUT2D eigenvalue weighted by atomic mass is 9.98. The molecule has 1 atom stereocenters. The minimum Gasteiger partial charge on any atom is -0.497 e. The molecule has 1 unspecified atom stereocenters. The predicted octanol–water partition coefficient (Wildman–Crippen LogP) is 2.21. The molecule has 118 valence electrons. The Hall–Kier alpha value is -2.69. The summed E-state index contributed by atoms with van der Waals surface area (Å²) in [5.41, 5.74) is 1.86. The van der Waals surface area contributed by atoms with E-state index in [4.69, 9.17) is 4.74 Å². The van der Waals surface area contributed by atoms with Crippen molar-refractivity contribution in [2.45, 2.75) is 19.4 Å². The van der Waals surface area contributed by atoms with E-state index in [-0.39, 0.29) is 24.2 Å². The quantitative estimate of drug-likeness (QED) is 0.795. The highest BCUT2D eigenvalue weighted by Crippen LogP contribution is 2.26. The number of carbonyl (C=O) groups is 2. The fourth-order valence-corrected chi connectivity index (χ4v) is 2.84. The van der Waals surface area contributed by atoms with E-state index in [0.717, 1.165) is 16.9 Å². The highest BCUT2D eigenvalue weighted by Gasteiger charge is 2.38. The van der Waals surface area contributed by atoms with Gasteiger partial charge in [0.2, 0.25) is 11.8 Å². The molecule has 1 saturated heterocycles. The average Bonchev–Trinajstić information content (AvgIpc) is 2.83. The Bertz CT molecular complexity index is 715. The van der Waals surface area contributed by atoms with Crippen molar-refractivity contribution in [2.24, 2.45) is 5.92 Å². The van der Waals surface area contributed by atoms with Crippen LogP contribution in [0.2, 0.25) is 0 Å². The van der Waals surface area contributed by atoms with Crippen molar-refractivity contribution in [3.05, 3.63) is 59.9 Å². The van der Waals surface area contributed by atoms with Gasteiger partial charge in [-0.2, -0.15) is 0 Å². The Kier molecular flexibility index (Phi) is 4.37. The van der Waals surface area contributed by atoms with Gasteiger partial charge >= 0.3 is 0 Å². The number of nitrogens with zero attached hydrogens (tertiary/aromatic N) is 2. The molecule has 23 heavy (non-hydrogen) atoms. The molecule has 3 rings (SSSR count). The molecule has 0 saturated carbocycles. The van der Waals surface area contributed by atoms with E-state index in [9.17, 15) is 9.59 Å². The number of rotatable bonds is 5. The smallest absolute Gasteiger partial charge is 0.233 e. The molecule has 5 nitrogen and oxygen atoms in total. The summed E-state index contributed by atoms with van der Waals surface area (Å²) in [5, 5.41) is 0. The van der Waals surface area contributed by atoms with Crippen LogP contribution >= 0.6 is 0 Å². The summed E-state index contributed by atoms with van der Waals surface area (Å²) in [6.07, 6.45) is 4.15. The number of carbonyl (C=O) groups excluding carboxylic acids is 2. The topological polar surface area (TPSA) is 59.5 Å². The molecular weight excluding hydrogens is 292 g/mol. The van der Waals surface area contributed by atoms with Gasteiger partial charge in [0.15, 0.2) is 0 Å². The summed E-state index contributed by atoms with van der Waals surface area (Å²) < 4.78 is 5.20. The van der Waals surface area contributed by atoms with Crippen LogP contribution in [0.3, 0.4) is 0 Å². The van der Waals surface area contributed by atoms with E-state index < -0.39 is 0 Å². The zero-order valence-corrected chi connectivity index (χ0v) is 12.9. The molecule has 0 N–H and O–H groups in total. The number of benzene rings is 1. The van der Waals surface area contributed by atoms with Gasteiger partial charge < -0.3 is 4.74 Å². The number of hydrogen-bond donors (Lipinski definition) is 0. The second-order valence-electron chi connectivity index (χ2n) is 5.64. The summed E-state index contributed by atoms with van der Waals surface area (Å²) in [4.78, 5) is 30.1. The Morgan fingerprint density at radius 3 is 2.78 bits per heavy atom. The van der Waals surface area contributed by atoms with E-state index in [2.05, 4.69) is 4.98 Å². The highest BCUT2D eigenvalue weighted by molar-refractivity contribution is 6.03. The molecule has 0 aliphatic carbocycles. The first-order chi connectivity index (χ1) is 11.2. The maximum atomic E-state index is 12.5. The van der Waals surface area contributed by atoms with Crippen molar-refractivity contribution in [3.8, 4) is 5.75 Å². The molecule has 1 fully saturated rings. The Labute approximate surface area is 134 Å². The Balaban J connectivity index is 1.70. The number of methoxy groups -OCH3 is 1. The minimum absolute atomic E-state index is 0.110. The monoisotopic (exact) mass is 310 g/mol. The molecule has 0 radical (unpaired) electrons. The van der Waals surface area contributed by atoms with Gasteiger partial charge in [0.05, 0.1) is 19.6 Å². The fraction of sp³-hybridized carbons (Fsp3) is 0.278. The Morgan fingerprint density at radius 1 is 1.22 bits per heavy atom. The zero-order chi connectivity index (χ0) is 16.2. The van der Waals surface area contributed by atoms with Crippen LogP contribution in [0, 0.1) is 5.92 Å². The molecule has 1 aromatic heterocycles. The lowest BCUT2D eigenvalue weighted by Gasteiger charge is -2.15. The van der Waals surface area contributed by atoms with E-state index in [1.807, 2.05) is 30.3 Å². The van der Waals surface area contributed by atoms with E-state index >= 15 is 0 Å². The molecular formula is C18H18N2O3. The normalized spacial score (nSPS) is 17.6. The van der Waals surface area contributed by atoms with Crippen molar-refractivity contribution in [2.75, 3.05) is 7.11 Å². The summed E-state index contributed by atoms with van der Waals surface area (Å²) in [5.74, 6) is 0.228. The molecule has 5 heteroatoms. The second-order valence-corrected chi connectivity index (χ2v) is 5.64. The van der Waals surface area contributed by atoms with Gasteiger partial charge in [0.1, 0.15) is 5.75 Å². The zero-order valence-electron chi connectivity index (χ0n) is 12.9. The van der Waals surface area contributed by atoms with Crippen LogP contribution in [0.5, 0.6) is 5.75 Å². The Morgan fingerprint density at radius 2 is 2.04 bits per heavy atom. The number of hydrogen-bond acceptors (Lipinski definition) is 4. The van der Waals surface area contributed by atoms with Crippen molar-refractivity contribution in [3.63, 3.8) is 0 Å². The van der Waals surface area contributed by atoms with Crippen LogP contribution in [-0.2, 0) is 22.6 Å². The molecule has 2 amide bonds. The summed E-state index contributed by atoms with van der Waals surface area (Å²) in [7, 11) is 1.61. The van der Waals surface area contributed by atoms with Gasteiger partial charge in [-0.15, -0.1) is 0 Å². The van der Waals surface area contributed by atoms with Gasteiger partial charge in [-0.25, -0.2) is 0 Å². The lowest BCUT2D eigenvalue weighted by Crippen LogP contribution is -2.30. The summed E-state index contributed by atoms with van der Waals surface area (Å²) in [6, 6.07) is 11.3. The third-order valence-corrected chi connectivity index (χ3v) is 4.02. The first-order valence-corrected chi connectivity index (χ1v) is 7.53. The van der Waals surface area contributed by atoms with Crippen LogP contribution in [-0.4, -0.2) is 28.8 Å². The van der Waals surface area contributed by atoms with E-state index in [1.54, 1.807) is 25.6 Å². The molecule has 2 aromatic rings. The molecule has 1 aliphatic heterocycles. The third kappa shape index (κ3) is 3.39. The third-order valence-electron chi connectivity index (χ3n) is 4.02. The van der Waals surface area contributed by atoms with Gasteiger partial charge in [-0.1, -0.05) is 18.2 Å².